The average Bonchev–Trinajstić information content (AvgIpc) is 3.61. The Balaban J connectivity index is 1.71. The zero-order chi connectivity index (χ0) is 22.6. The molecule has 32 heavy (non-hydrogen) atoms. The Kier molecular flexibility index (Phi) is 5.02. The number of fused-ring (bicyclic) bond motifs is 1. The molecule has 1 saturated carbocycles. The van der Waals surface area contributed by atoms with Crippen molar-refractivity contribution in [3.05, 3.63) is 52.3 Å². The number of carboxylic acids is 1. The van der Waals surface area contributed by atoms with Gasteiger partial charge in [0.05, 0.1) is 16.4 Å². The predicted octanol–water partition coefficient (Wildman–Crippen LogP) is 2.78. The molecule has 1 aliphatic carbocycles. The second-order valence-electron chi connectivity index (χ2n) is 8.60. The van der Waals surface area contributed by atoms with E-state index < -0.39 is 23.0 Å². The van der Waals surface area contributed by atoms with Gasteiger partial charge in [-0.3, -0.25) is 9.59 Å². The summed E-state index contributed by atoms with van der Waals surface area (Å²) in [5.41, 5.74) is -1.29. The molecule has 5 rings (SSSR count). The summed E-state index contributed by atoms with van der Waals surface area (Å²) in [6.45, 7) is 2.38. The minimum Gasteiger partial charge on any atom is -0.508 e. The number of phenols is 1. The third-order valence-corrected chi connectivity index (χ3v) is 6.93. The first-order valence-electron chi connectivity index (χ1n) is 10.7. The Morgan fingerprint density at radius 1 is 1.16 bits per heavy atom. The van der Waals surface area contributed by atoms with Gasteiger partial charge in [0.15, 0.2) is 17.0 Å². The van der Waals surface area contributed by atoms with E-state index in [-0.39, 0.29) is 45.9 Å². The molecule has 2 fully saturated rings. The standard InChI is InChI=1S/C23H23ClFN3O4/c24-17-11-16-19(18(25)20(17)27-9-7-26-8-10-27)28(14-3-4-14)12-23(21(16)30,22(31)32)13-1-5-15(29)6-2-13/h1-2,5-6,11,14,26,29H,3-4,7-10,12H2,(H,31,32). The van der Waals surface area contributed by atoms with E-state index in [1.807, 2.05) is 4.90 Å². The molecule has 168 valence electrons. The largest absolute Gasteiger partial charge is 0.508 e. The molecule has 2 aromatic rings. The number of nitrogens with zero attached hydrogens (tertiary/aromatic N) is 2. The average molecular weight is 460 g/mol. The quantitative estimate of drug-likeness (QED) is 0.605. The van der Waals surface area contributed by atoms with Crippen molar-refractivity contribution >= 4 is 34.7 Å². The lowest BCUT2D eigenvalue weighted by Crippen LogP contribution is -2.57. The summed E-state index contributed by atoms with van der Waals surface area (Å²) in [6.07, 6.45) is 1.59. The maximum atomic E-state index is 16.0. The van der Waals surface area contributed by atoms with E-state index >= 15 is 4.39 Å². The van der Waals surface area contributed by atoms with Gasteiger partial charge in [-0.25, -0.2) is 4.39 Å². The first-order chi connectivity index (χ1) is 15.3. The van der Waals surface area contributed by atoms with Gasteiger partial charge in [0.1, 0.15) is 5.75 Å². The van der Waals surface area contributed by atoms with Crippen molar-refractivity contribution in [2.75, 3.05) is 42.5 Å². The van der Waals surface area contributed by atoms with Crippen molar-refractivity contribution < 1.29 is 24.2 Å². The lowest BCUT2D eigenvalue weighted by Gasteiger charge is -2.42. The van der Waals surface area contributed by atoms with Gasteiger partial charge in [0.2, 0.25) is 0 Å². The molecule has 0 bridgehead atoms. The fourth-order valence-electron chi connectivity index (χ4n) is 4.82. The number of rotatable bonds is 4. The number of carbonyl (C=O) groups is 2. The molecule has 1 saturated heterocycles. The predicted molar refractivity (Wildman–Crippen MR) is 119 cm³/mol. The molecule has 7 nitrogen and oxygen atoms in total. The van der Waals surface area contributed by atoms with Gasteiger partial charge < -0.3 is 25.3 Å². The summed E-state index contributed by atoms with van der Waals surface area (Å²) in [5, 5.41) is 23.2. The van der Waals surface area contributed by atoms with Crippen LogP contribution < -0.4 is 15.1 Å². The van der Waals surface area contributed by atoms with Crippen LogP contribution >= 0.6 is 11.6 Å². The highest BCUT2D eigenvalue weighted by molar-refractivity contribution is 6.34. The Bertz CT molecular complexity index is 1100. The number of anilines is 2. The van der Waals surface area contributed by atoms with Gasteiger partial charge in [-0.05, 0) is 36.6 Å². The number of aliphatic carboxylic acids is 1. The van der Waals surface area contributed by atoms with Crippen LogP contribution in [-0.4, -0.2) is 60.7 Å². The number of carboxylic acid groups (broad SMARTS) is 1. The molecule has 0 radical (unpaired) electrons. The molecule has 0 amide bonds. The number of ketones is 1. The molecule has 1 unspecified atom stereocenters. The number of hydrogen-bond donors (Lipinski definition) is 3. The first kappa shape index (κ1) is 21.0. The number of piperazine rings is 1. The highest BCUT2D eigenvalue weighted by Gasteiger charge is 2.56. The van der Waals surface area contributed by atoms with Crippen molar-refractivity contribution in [1.29, 1.82) is 0 Å². The van der Waals surface area contributed by atoms with Crippen LogP contribution in [0.15, 0.2) is 30.3 Å². The molecule has 1 atom stereocenters. The fourth-order valence-corrected chi connectivity index (χ4v) is 5.13. The normalized spacial score (nSPS) is 23.2. The number of phenolic OH excluding ortho intramolecular Hbond substituents is 1. The maximum Gasteiger partial charge on any atom is 0.323 e. The summed E-state index contributed by atoms with van der Waals surface area (Å²) < 4.78 is 16.0. The summed E-state index contributed by atoms with van der Waals surface area (Å²) in [7, 11) is 0. The molecule has 2 aliphatic heterocycles. The van der Waals surface area contributed by atoms with Crippen LogP contribution in [0.4, 0.5) is 15.8 Å². The SMILES string of the molecule is O=C(O)C1(c2ccc(O)cc2)CN(C2CC2)c2c(cc(Cl)c(N3CCNCC3)c2F)C1=O. The number of hydrogen-bond acceptors (Lipinski definition) is 6. The van der Waals surface area contributed by atoms with Gasteiger partial charge >= 0.3 is 5.97 Å². The molecule has 2 aromatic carbocycles. The number of halogens is 2. The van der Waals surface area contributed by atoms with Crippen LogP contribution in [-0.2, 0) is 10.2 Å². The molecule has 0 aromatic heterocycles. The highest BCUT2D eigenvalue weighted by atomic mass is 35.5. The Labute approximate surface area is 189 Å². The van der Waals surface area contributed by atoms with Crippen molar-refractivity contribution in [3.8, 4) is 5.75 Å². The zero-order valence-corrected chi connectivity index (χ0v) is 18.0. The molecule has 9 heteroatoms. The molecule has 3 N–H and O–H groups in total. The number of Topliss-reactive ketones (excluding diaryl/α,β-unsaturated/α-hetero) is 1. The topological polar surface area (TPSA) is 93.1 Å². The van der Waals surface area contributed by atoms with Gasteiger partial charge in [-0.1, -0.05) is 23.7 Å². The van der Waals surface area contributed by atoms with E-state index in [1.165, 1.54) is 30.3 Å². The highest BCUT2D eigenvalue weighted by Crippen LogP contribution is 2.49. The molecular weight excluding hydrogens is 437 g/mol. The Hall–Kier alpha value is -2.84. The van der Waals surface area contributed by atoms with Crippen molar-refractivity contribution in [2.24, 2.45) is 0 Å². The van der Waals surface area contributed by atoms with Crippen LogP contribution in [0.5, 0.6) is 5.75 Å². The van der Waals surface area contributed by atoms with Crippen LogP contribution in [0.1, 0.15) is 28.8 Å². The smallest absolute Gasteiger partial charge is 0.323 e. The second kappa shape index (κ2) is 7.64. The maximum absolute atomic E-state index is 16.0. The summed E-state index contributed by atoms with van der Waals surface area (Å²) in [6, 6.07) is 6.96. The zero-order valence-electron chi connectivity index (χ0n) is 17.3. The van der Waals surface area contributed by atoms with E-state index in [9.17, 15) is 19.8 Å². The minimum absolute atomic E-state index is 0.0139. The van der Waals surface area contributed by atoms with E-state index in [2.05, 4.69) is 5.32 Å². The number of benzene rings is 2. The van der Waals surface area contributed by atoms with Crippen LogP contribution in [0.2, 0.25) is 5.02 Å². The third kappa shape index (κ3) is 3.12. The Morgan fingerprint density at radius 2 is 1.81 bits per heavy atom. The monoisotopic (exact) mass is 459 g/mol. The summed E-state index contributed by atoms with van der Waals surface area (Å²) in [4.78, 5) is 29.9. The van der Waals surface area contributed by atoms with Crippen molar-refractivity contribution in [2.45, 2.75) is 24.3 Å². The van der Waals surface area contributed by atoms with Gasteiger partial charge in [0, 0.05) is 44.3 Å². The second-order valence-corrected chi connectivity index (χ2v) is 9.01. The lowest BCUT2D eigenvalue weighted by atomic mass is 9.71. The summed E-state index contributed by atoms with van der Waals surface area (Å²) >= 11 is 6.49. The first-order valence-corrected chi connectivity index (χ1v) is 11.0. The van der Waals surface area contributed by atoms with Crippen molar-refractivity contribution in [3.63, 3.8) is 0 Å². The molecule has 3 aliphatic rings. The Morgan fingerprint density at radius 3 is 2.41 bits per heavy atom. The number of aromatic hydroxyl groups is 1. The third-order valence-electron chi connectivity index (χ3n) is 6.64. The van der Waals surface area contributed by atoms with E-state index in [0.29, 0.717) is 26.2 Å². The van der Waals surface area contributed by atoms with Crippen LogP contribution in [0.25, 0.3) is 0 Å². The number of nitrogens with one attached hydrogen (secondary N) is 1. The van der Waals surface area contributed by atoms with Crippen molar-refractivity contribution in [1.82, 2.24) is 5.32 Å². The van der Waals surface area contributed by atoms with Gasteiger partial charge in [-0.15, -0.1) is 0 Å². The van der Waals surface area contributed by atoms with E-state index in [0.717, 1.165) is 12.8 Å². The summed E-state index contributed by atoms with van der Waals surface area (Å²) in [5.74, 6) is -2.62. The number of carbonyl (C=O) groups excluding carboxylic acids is 1. The van der Waals surface area contributed by atoms with E-state index in [4.69, 9.17) is 11.6 Å². The fraction of sp³-hybridized carbons (Fsp3) is 0.391. The van der Waals surface area contributed by atoms with Gasteiger partial charge in [0.25, 0.3) is 0 Å². The lowest BCUT2D eigenvalue weighted by molar-refractivity contribution is -0.141. The molecule has 2 heterocycles. The minimum atomic E-state index is -1.92. The van der Waals surface area contributed by atoms with E-state index in [1.54, 1.807) is 4.90 Å². The molecular formula is C23H23ClFN3O4. The van der Waals surface area contributed by atoms with Crippen LogP contribution in [0, 0.1) is 5.82 Å². The van der Waals surface area contributed by atoms with Gasteiger partial charge in [-0.2, -0.15) is 0 Å². The molecule has 0 spiro atoms. The van der Waals surface area contributed by atoms with Crippen LogP contribution in [0.3, 0.4) is 0 Å².